The van der Waals surface area contributed by atoms with E-state index in [2.05, 4.69) is 0 Å². The lowest BCUT2D eigenvalue weighted by Crippen LogP contribution is -2.34. The van der Waals surface area contributed by atoms with Gasteiger partial charge in [-0.1, -0.05) is 6.07 Å². The topological polar surface area (TPSA) is 81.1 Å². The van der Waals surface area contributed by atoms with Crippen molar-refractivity contribution < 1.29 is 18.6 Å². The Kier molecular flexibility index (Phi) is 3.23. The number of aliphatic hydroxyl groups is 1. The summed E-state index contributed by atoms with van der Waals surface area (Å²) in [5.41, 5.74) is 0.436. The minimum Gasteiger partial charge on any atom is -0.508 e. The molecular weight excluding hydrogens is 244 g/mol. The SMILES string of the molecule is O=S1(=O)N(CCO)CCN1c1cccc(O)c1. The molecule has 0 bridgehead atoms. The number of hydrogen-bond donors (Lipinski definition) is 2. The van der Waals surface area contributed by atoms with Gasteiger partial charge in [0.05, 0.1) is 12.3 Å². The van der Waals surface area contributed by atoms with Crippen molar-refractivity contribution in [1.82, 2.24) is 4.31 Å². The number of rotatable bonds is 3. The van der Waals surface area contributed by atoms with Crippen LogP contribution >= 0.6 is 0 Å². The lowest BCUT2D eigenvalue weighted by molar-refractivity contribution is 0.260. The Morgan fingerprint density at radius 1 is 1.29 bits per heavy atom. The summed E-state index contributed by atoms with van der Waals surface area (Å²) >= 11 is 0. The van der Waals surface area contributed by atoms with Gasteiger partial charge >= 0.3 is 10.2 Å². The molecule has 1 aromatic carbocycles. The highest BCUT2D eigenvalue weighted by atomic mass is 32.2. The highest BCUT2D eigenvalue weighted by Crippen LogP contribution is 2.27. The number of phenolic OH excluding ortho intramolecular Hbond substituents is 1. The van der Waals surface area contributed by atoms with Crippen LogP contribution in [0.1, 0.15) is 0 Å². The molecule has 1 fully saturated rings. The maximum atomic E-state index is 12.1. The van der Waals surface area contributed by atoms with E-state index in [1.165, 1.54) is 20.7 Å². The van der Waals surface area contributed by atoms with Gasteiger partial charge in [-0.05, 0) is 12.1 Å². The summed E-state index contributed by atoms with van der Waals surface area (Å²) in [5.74, 6) is 0.0262. The first-order chi connectivity index (χ1) is 8.05. The number of phenols is 1. The molecule has 1 aliphatic rings. The summed E-state index contributed by atoms with van der Waals surface area (Å²) in [6.45, 7) is 0.565. The van der Waals surface area contributed by atoms with Gasteiger partial charge in [0.1, 0.15) is 5.75 Å². The van der Waals surface area contributed by atoms with Crippen molar-refractivity contribution in [2.24, 2.45) is 0 Å². The molecule has 0 atom stereocenters. The van der Waals surface area contributed by atoms with Crippen LogP contribution < -0.4 is 4.31 Å². The lowest BCUT2D eigenvalue weighted by atomic mass is 10.3. The molecule has 2 N–H and O–H groups in total. The van der Waals surface area contributed by atoms with E-state index < -0.39 is 10.2 Å². The third-order valence-electron chi connectivity index (χ3n) is 2.62. The fourth-order valence-electron chi connectivity index (χ4n) is 1.82. The van der Waals surface area contributed by atoms with Gasteiger partial charge in [-0.3, -0.25) is 4.31 Å². The van der Waals surface area contributed by atoms with Gasteiger partial charge in [-0.25, -0.2) is 0 Å². The average molecular weight is 258 g/mol. The molecule has 0 radical (unpaired) electrons. The van der Waals surface area contributed by atoms with Crippen molar-refractivity contribution in [3.05, 3.63) is 24.3 Å². The fourth-order valence-corrected chi connectivity index (χ4v) is 3.42. The summed E-state index contributed by atoms with van der Waals surface area (Å²) < 4.78 is 26.6. The van der Waals surface area contributed by atoms with E-state index in [0.29, 0.717) is 18.8 Å². The van der Waals surface area contributed by atoms with Crippen molar-refractivity contribution in [1.29, 1.82) is 0 Å². The third-order valence-corrected chi connectivity index (χ3v) is 4.59. The molecule has 0 amide bonds. The lowest BCUT2D eigenvalue weighted by Gasteiger charge is -2.19. The van der Waals surface area contributed by atoms with Crippen LogP contribution in [0.15, 0.2) is 24.3 Å². The number of β-amino-alcohol motifs (C(OH)–C–C–N with tert-alkyl or cyclic N) is 1. The number of nitrogens with zero attached hydrogens (tertiary/aromatic N) is 2. The summed E-state index contributed by atoms with van der Waals surface area (Å²) in [6, 6.07) is 6.10. The van der Waals surface area contributed by atoms with Crippen molar-refractivity contribution in [3.8, 4) is 5.75 Å². The standard InChI is InChI=1S/C10H14N2O4S/c13-7-6-11-4-5-12(17(11,15)16)9-2-1-3-10(14)8-9/h1-3,8,13-14H,4-7H2. The van der Waals surface area contributed by atoms with Gasteiger partial charge in [0.15, 0.2) is 0 Å². The van der Waals surface area contributed by atoms with Crippen molar-refractivity contribution >= 4 is 15.9 Å². The molecule has 0 aromatic heterocycles. The summed E-state index contributed by atoms with van der Waals surface area (Å²) in [5, 5.41) is 18.1. The molecule has 1 saturated heterocycles. The Morgan fingerprint density at radius 3 is 2.71 bits per heavy atom. The first kappa shape index (κ1) is 12.2. The minimum absolute atomic E-state index is 0.0262. The second kappa shape index (κ2) is 4.52. The smallest absolute Gasteiger partial charge is 0.304 e. The number of anilines is 1. The molecule has 1 heterocycles. The Labute approximate surface area is 99.9 Å². The van der Waals surface area contributed by atoms with Crippen LogP contribution in [0.3, 0.4) is 0 Å². The highest BCUT2D eigenvalue weighted by molar-refractivity contribution is 7.90. The van der Waals surface area contributed by atoms with Gasteiger partial charge in [-0.15, -0.1) is 0 Å². The number of benzene rings is 1. The summed E-state index contributed by atoms with van der Waals surface area (Å²) in [4.78, 5) is 0. The van der Waals surface area contributed by atoms with Crippen LogP contribution in [0.4, 0.5) is 5.69 Å². The Hall–Kier alpha value is -1.31. The number of aromatic hydroxyl groups is 1. The largest absolute Gasteiger partial charge is 0.508 e. The van der Waals surface area contributed by atoms with Crippen LogP contribution in [-0.4, -0.2) is 49.2 Å². The molecule has 1 aliphatic heterocycles. The molecule has 0 aliphatic carbocycles. The molecule has 7 heteroatoms. The van der Waals surface area contributed by atoms with E-state index >= 15 is 0 Å². The Morgan fingerprint density at radius 2 is 2.06 bits per heavy atom. The molecule has 1 aromatic rings. The van der Waals surface area contributed by atoms with Gasteiger partial charge in [0, 0.05) is 25.7 Å². The van der Waals surface area contributed by atoms with Crippen LogP contribution in [0.2, 0.25) is 0 Å². The monoisotopic (exact) mass is 258 g/mol. The molecule has 94 valence electrons. The predicted molar refractivity (Wildman–Crippen MR) is 63.0 cm³/mol. The number of aliphatic hydroxyl groups excluding tert-OH is 1. The molecule has 2 rings (SSSR count). The Balaban J connectivity index is 2.30. The molecule has 0 saturated carbocycles. The number of hydrogen-bond acceptors (Lipinski definition) is 4. The molecular formula is C10H14N2O4S. The van der Waals surface area contributed by atoms with E-state index in [0.717, 1.165) is 0 Å². The second-order valence-electron chi connectivity index (χ2n) is 3.72. The molecule has 17 heavy (non-hydrogen) atoms. The first-order valence-corrected chi connectivity index (χ1v) is 6.63. The summed E-state index contributed by atoms with van der Waals surface area (Å²) in [7, 11) is -3.56. The van der Waals surface area contributed by atoms with Crippen molar-refractivity contribution in [2.45, 2.75) is 0 Å². The van der Waals surface area contributed by atoms with Crippen LogP contribution in [-0.2, 0) is 10.2 Å². The van der Waals surface area contributed by atoms with Gasteiger partial charge < -0.3 is 10.2 Å². The highest BCUT2D eigenvalue weighted by Gasteiger charge is 2.36. The first-order valence-electron chi connectivity index (χ1n) is 5.23. The Bertz CT molecular complexity index is 503. The minimum atomic E-state index is -3.56. The van der Waals surface area contributed by atoms with E-state index in [9.17, 15) is 13.5 Å². The maximum absolute atomic E-state index is 12.1. The van der Waals surface area contributed by atoms with Gasteiger partial charge in [0.2, 0.25) is 0 Å². The van der Waals surface area contributed by atoms with Crippen LogP contribution in [0.25, 0.3) is 0 Å². The van der Waals surface area contributed by atoms with Crippen molar-refractivity contribution in [3.63, 3.8) is 0 Å². The maximum Gasteiger partial charge on any atom is 0.304 e. The zero-order chi connectivity index (χ0) is 12.5. The van der Waals surface area contributed by atoms with Gasteiger partial charge in [-0.2, -0.15) is 12.7 Å². The average Bonchev–Trinajstić information content (AvgIpc) is 2.55. The molecule has 6 nitrogen and oxygen atoms in total. The molecule has 0 unspecified atom stereocenters. The van der Waals surface area contributed by atoms with E-state index in [1.54, 1.807) is 12.1 Å². The van der Waals surface area contributed by atoms with Crippen molar-refractivity contribution in [2.75, 3.05) is 30.5 Å². The van der Waals surface area contributed by atoms with Gasteiger partial charge in [0.25, 0.3) is 0 Å². The van der Waals surface area contributed by atoms with E-state index in [1.807, 2.05) is 0 Å². The zero-order valence-electron chi connectivity index (χ0n) is 9.15. The van der Waals surface area contributed by atoms with E-state index in [4.69, 9.17) is 5.11 Å². The molecule has 0 spiro atoms. The zero-order valence-corrected chi connectivity index (χ0v) is 9.97. The second-order valence-corrected chi connectivity index (χ2v) is 5.58. The quantitative estimate of drug-likeness (QED) is 0.783. The van der Waals surface area contributed by atoms with Crippen LogP contribution in [0.5, 0.6) is 5.75 Å². The van der Waals surface area contributed by atoms with Crippen LogP contribution in [0, 0.1) is 0 Å². The normalized spacial score (nSPS) is 19.7. The predicted octanol–water partition coefficient (Wildman–Crippen LogP) is -0.249. The van der Waals surface area contributed by atoms with E-state index in [-0.39, 0.29) is 18.9 Å². The fraction of sp³-hybridized carbons (Fsp3) is 0.400. The third kappa shape index (κ3) is 2.21. The summed E-state index contributed by atoms with van der Waals surface area (Å²) in [6.07, 6.45) is 0.